The molecule has 2 aromatic rings. The minimum Gasteiger partial charge on any atom is -0.430 e. The first-order valence-electron chi connectivity index (χ1n) is 6.25. The fourth-order valence-corrected chi connectivity index (χ4v) is 1.79. The lowest BCUT2D eigenvalue weighted by Crippen LogP contribution is -2.19. The third-order valence-electron chi connectivity index (χ3n) is 2.59. The summed E-state index contributed by atoms with van der Waals surface area (Å²) in [6.07, 6.45) is 1.68. The van der Waals surface area contributed by atoms with Crippen LogP contribution in [-0.2, 0) is 6.54 Å². The molecule has 98 valence electrons. The maximum absolute atomic E-state index is 5.45. The number of oxazole rings is 1. The Labute approximate surface area is 107 Å². The molecule has 0 saturated heterocycles. The van der Waals surface area contributed by atoms with Crippen molar-refractivity contribution in [1.82, 2.24) is 20.1 Å². The predicted octanol–water partition coefficient (Wildman–Crippen LogP) is 2.22. The molecule has 2 rings (SSSR count). The molecule has 0 bridgehead atoms. The zero-order valence-electron chi connectivity index (χ0n) is 11.4. The van der Waals surface area contributed by atoms with Crippen LogP contribution in [0.15, 0.2) is 16.7 Å². The zero-order valence-corrected chi connectivity index (χ0v) is 11.4. The quantitative estimate of drug-likeness (QED) is 0.881. The second-order valence-electron chi connectivity index (χ2n) is 4.99. The summed E-state index contributed by atoms with van der Waals surface area (Å²) >= 11 is 0. The first-order valence-corrected chi connectivity index (χ1v) is 6.25. The van der Waals surface area contributed by atoms with Crippen LogP contribution in [0.2, 0.25) is 0 Å². The van der Waals surface area contributed by atoms with E-state index in [9.17, 15) is 0 Å². The van der Waals surface area contributed by atoms with Gasteiger partial charge in [0, 0.05) is 12.2 Å². The summed E-state index contributed by atoms with van der Waals surface area (Å²) in [5.74, 6) is 0.632. The number of hydrogen-bond donors (Lipinski definition) is 1. The predicted molar refractivity (Wildman–Crippen MR) is 69.6 cm³/mol. The average Bonchev–Trinajstić information content (AvgIpc) is 2.85. The maximum atomic E-state index is 5.45. The number of rotatable bonds is 5. The molecule has 5 nitrogen and oxygen atoms in total. The lowest BCUT2D eigenvalue weighted by molar-refractivity contribution is 0.503. The van der Waals surface area contributed by atoms with Crippen molar-refractivity contribution in [2.45, 2.75) is 34.2 Å². The highest BCUT2D eigenvalue weighted by molar-refractivity contribution is 5.17. The molecule has 0 fully saturated rings. The molecule has 1 N–H and O–H groups in total. The summed E-state index contributed by atoms with van der Waals surface area (Å²) in [5, 5.41) is 7.68. The van der Waals surface area contributed by atoms with E-state index in [0.29, 0.717) is 11.9 Å². The largest absolute Gasteiger partial charge is 0.430 e. The normalized spacial score (nSPS) is 11.4. The SMILES string of the molecule is Cc1cc(C)n(-c2nc(CNCC(C)C)co2)n1. The molecule has 0 amide bonds. The minimum atomic E-state index is 0.530. The van der Waals surface area contributed by atoms with Gasteiger partial charge in [-0.25, -0.2) is 0 Å². The Morgan fingerprint density at radius 1 is 1.39 bits per heavy atom. The van der Waals surface area contributed by atoms with Crippen LogP contribution in [-0.4, -0.2) is 21.3 Å². The number of nitrogens with one attached hydrogen (secondary N) is 1. The van der Waals surface area contributed by atoms with E-state index in [-0.39, 0.29) is 0 Å². The molecule has 0 aliphatic rings. The zero-order chi connectivity index (χ0) is 13.1. The van der Waals surface area contributed by atoms with Crippen molar-refractivity contribution in [3.63, 3.8) is 0 Å². The van der Waals surface area contributed by atoms with Crippen molar-refractivity contribution < 1.29 is 4.42 Å². The van der Waals surface area contributed by atoms with Gasteiger partial charge in [0.25, 0.3) is 0 Å². The summed E-state index contributed by atoms with van der Waals surface area (Å²) in [7, 11) is 0. The van der Waals surface area contributed by atoms with E-state index in [1.807, 2.05) is 19.9 Å². The lowest BCUT2D eigenvalue weighted by atomic mass is 10.2. The van der Waals surface area contributed by atoms with Crippen LogP contribution >= 0.6 is 0 Å². The van der Waals surface area contributed by atoms with Crippen molar-refractivity contribution in [1.29, 1.82) is 0 Å². The highest BCUT2D eigenvalue weighted by Crippen LogP contribution is 2.11. The van der Waals surface area contributed by atoms with Gasteiger partial charge >= 0.3 is 6.01 Å². The van der Waals surface area contributed by atoms with Gasteiger partial charge in [-0.3, -0.25) is 0 Å². The molecule has 0 unspecified atom stereocenters. The van der Waals surface area contributed by atoms with E-state index in [1.54, 1.807) is 10.9 Å². The Morgan fingerprint density at radius 2 is 2.17 bits per heavy atom. The molecule has 2 heterocycles. The van der Waals surface area contributed by atoms with Crippen LogP contribution in [0.25, 0.3) is 6.01 Å². The molecule has 0 aliphatic heterocycles. The van der Waals surface area contributed by atoms with Gasteiger partial charge in [-0.05, 0) is 32.4 Å². The summed E-state index contributed by atoms with van der Waals surface area (Å²) in [4.78, 5) is 4.42. The van der Waals surface area contributed by atoms with Crippen molar-refractivity contribution >= 4 is 0 Å². The molecule has 18 heavy (non-hydrogen) atoms. The number of aryl methyl sites for hydroxylation is 2. The molecule has 5 heteroatoms. The third kappa shape index (κ3) is 2.98. The van der Waals surface area contributed by atoms with Gasteiger partial charge in [0.1, 0.15) is 6.26 Å². The van der Waals surface area contributed by atoms with E-state index in [0.717, 1.165) is 30.2 Å². The molecular weight excluding hydrogens is 228 g/mol. The topological polar surface area (TPSA) is 55.9 Å². The van der Waals surface area contributed by atoms with Gasteiger partial charge in [-0.15, -0.1) is 0 Å². The van der Waals surface area contributed by atoms with E-state index in [4.69, 9.17) is 4.42 Å². The monoisotopic (exact) mass is 248 g/mol. The van der Waals surface area contributed by atoms with E-state index in [2.05, 4.69) is 29.2 Å². The van der Waals surface area contributed by atoms with Gasteiger partial charge in [-0.1, -0.05) is 13.8 Å². The Hall–Kier alpha value is -1.62. The molecule has 0 aliphatic carbocycles. The van der Waals surface area contributed by atoms with Crippen molar-refractivity contribution in [3.8, 4) is 6.01 Å². The first-order chi connectivity index (χ1) is 8.56. The Bertz CT molecular complexity index is 513. The second-order valence-corrected chi connectivity index (χ2v) is 4.99. The molecule has 0 spiro atoms. The van der Waals surface area contributed by atoms with Crippen LogP contribution in [0.3, 0.4) is 0 Å². The summed E-state index contributed by atoms with van der Waals surface area (Å²) in [5.41, 5.74) is 2.89. The summed E-state index contributed by atoms with van der Waals surface area (Å²) < 4.78 is 7.18. The molecule has 0 saturated carbocycles. The first kappa shape index (κ1) is 12.8. The molecule has 2 aromatic heterocycles. The van der Waals surface area contributed by atoms with Crippen LogP contribution in [0.5, 0.6) is 0 Å². The second kappa shape index (κ2) is 5.35. The van der Waals surface area contributed by atoms with Crippen molar-refractivity contribution in [3.05, 3.63) is 29.4 Å². The third-order valence-corrected chi connectivity index (χ3v) is 2.59. The summed E-state index contributed by atoms with van der Waals surface area (Å²) in [6.45, 7) is 10.00. The minimum absolute atomic E-state index is 0.530. The standard InChI is InChI=1S/C13H20N4O/c1-9(2)6-14-7-12-8-18-13(15-12)17-11(4)5-10(3)16-17/h5,8-9,14H,6-7H2,1-4H3. The van der Waals surface area contributed by atoms with Gasteiger partial charge in [0.15, 0.2) is 0 Å². The van der Waals surface area contributed by atoms with Gasteiger partial charge in [0.2, 0.25) is 0 Å². The number of hydrogen-bond acceptors (Lipinski definition) is 4. The molecule has 0 radical (unpaired) electrons. The molecule has 0 atom stereocenters. The lowest BCUT2D eigenvalue weighted by Gasteiger charge is -2.04. The molecular formula is C13H20N4O. The van der Waals surface area contributed by atoms with Gasteiger partial charge in [-0.2, -0.15) is 14.8 Å². The van der Waals surface area contributed by atoms with Gasteiger partial charge < -0.3 is 9.73 Å². The van der Waals surface area contributed by atoms with E-state index >= 15 is 0 Å². The van der Waals surface area contributed by atoms with Crippen LogP contribution in [0, 0.1) is 19.8 Å². The Morgan fingerprint density at radius 3 is 2.78 bits per heavy atom. The average molecular weight is 248 g/mol. The Balaban J connectivity index is 2.04. The summed E-state index contributed by atoms with van der Waals surface area (Å²) in [6, 6.07) is 2.53. The van der Waals surface area contributed by atoms with E-state index in [1.165, 1.54) is 0 Å². The van der Waals surface area contributed by atoms with Crippen molar-refractivity contribution in [2.75, 3.05) is 6.54 Å². The Kier molecular flexibility index (Phi) is 3.81. The van der Waals surface area contributed by atoms with Crippen LogP contribution < -0.4 is 5.32 Å². The van der Waals surface area contributed by atoms with Crippen LogP contribution in [0.4, 0.5) is 0 Å². The highest BCUT2D eigenvalue weighted by atomic mass is 16.4. The fraction of sp³-hybridized carbons (Fsp3) is 0.538. The molecule has 0 aromatic carbocycles. The van der Waals surface area contributed by atoms with E-state index < -0.39 is 0 Å². The highest BCUT2D eigenvalue weighted by Gasteiger charge is 2.10. The fourth-order valence-electron chi connectivity index (χ4n) is 1.79. The van der Waals surface area contributed by atoms with Crippen LogP contribution in [0.1, 0.15) is 30.9 Å². The maximum Gasteiger partial charge on any atom is 0.323 e. The number of aromatic nitrogens is 3. The van der Waals surface area contributed by atoms with Crippen molar-refractivity contribution in [2.24, 2.45) is 5.92 Å². The smallest absolute Gasteiger partial charge is 0.323 e. The number of nitrogens with zero attached hydrogens (tertiary/aromatic N) is 3. The van der Waals surface area contributed by atoms with Gasteiger partial charge in [0.05, 0.1) is 11.4 Å².